The van der Waals surface area contributed by atoms with Crippen molar-refractivity contribution in [1.82, 2.24) is 0 Å². The molecule has 0 aromatic rings. The molecular formula is C53H98O6. The van der Waals surface area contributed by atoms with Gasteiger partial charge >= 0.3 is 17.9 Å². The molecule has 0 aromatic carbocycles. The molecule has 346 valence electrons. The molecule has 0 bridgehead atoms. The summed E-state index contributed by atoms with van der Waals surface area (Å²) in [6, 6.07) is 0. The average molecular weight is 831 g/mol. The Kier molecular flexibility index (Phi) is 46.8. The average Bonchev–Trinajstić information content (AvgIpc) is 3.23. The monoisotopic (exact) mass is 831 g/mol. The quantitative estimate of drug-likeness (QED) is 0.0263. The van der Waals surface area contributed by atoms with E-state index >= 15 is 0 Å². The third-order valence-corrected chi connectivity index (χ3v) is 11.5. The first-order chi connectivity index (χ1) is 29.0. The molecule has 0 radical (unpaired) electrons. The van der Waals surface area contributed by atoms with E-state index in [0.29, 0.717) is 19.3 Å². The summed E-state index contributed by atoms with van der Waals surface area (Å²) < 4.78 is 16.7. The fourth-order valence-electron chi connectivity index (χ4n) is 7.53. The number of allylic oxidation sites excluding steroid dienone is 4. The van der Waals surface area contributed by atoms with E-state index in [1.165, 1.54) is 173 Å². The van der Waals surface area contributed by atoms with Crippen LogP contribution in [0.2, 0.25) is 0 Å². The third-order valence-electron chi connectivity index (χ3n) is 11.5. The van der Waals surface area contributed by atoms with Crippen LogP contribution in [0.15, 0.2) is 24.3 Å². The van der Waals surface area contributed by atoms with Crippen LogP contribution in [0.5, 0.6) is 0 Å². The van der Waals surface area contributed by atoms with E-state index < -0.39 is 6.10 Å². The zero-order valence-corrected chi connectivity index (χ0v) is 39.5. The molecule has 0 aromatic heterocycles. The molecule has 0 saturated heterocycles. The van der Waals surface area contributed by atoms with Crippen LogP contribution in [0.25, 0.3) is 0 Å². The Balaban J connectivity index is 4.18. The number of unbranched alkanes of at least 4 members (excludes halogenated alkanes) is 32. The third kappa shape index (κ3) is 46.8. The van der Waals surface area contributed by atoms with E-state index in [0.717, 1.165) is 64.2 Å². The van der Waals surface area contributed by atoms with Gasteiger partial charge in [0.15, 0.2) is 6.10 Å². The SMILES string of the molecule is CCCCCCC/C=C\C/C=C\CCCCCCCCCCCC(=O)OCC(COC(=O)CCCCCCCCC)OC(=O)CCCCCCCCCCCCCCC. The second-order valence-electron chi connectivity index (χ2n) is 17.4. The number of ether oxygens (including phenoxy) is 3. The summed E-state index contributed by atoms with van der Waals surface area (Å²) in [6.07, 6.45) is 54.6. The van der Waals surface area contributed by atoms with Gasteiger partial charge in [-0.15, -0.1) is 0 Å². The molecule has 1 atom stereocenters. The number of rotatable bonds is 47. The van der Waals surface area contributed by atoms with E-state index in [1.54, 1.807) is 0 Å². The van der Waals surface area contributed by atoms with Gasteiger partial charge in [0, 0.05) is 19.3 Å². The van der Waals surface area contributed by atoms with Crippen molar-refractivity contribution in [1.29, 1.82) is 0 Å². The lowest BCUT2D eigenvalue weighted by Gasteiger charge is -2.18. The van der Waals surface area contributed by atoms with Gasteiger partial charge in [0.1, 0.15) is 13.2 Å². The Morgan fingerprint density at radius 2 is 0.610 bits per heavy atom. The number of esters is 3. The second kappa shape index (κ2) is 48.6. The number of carbonyl (C=O) groups excluding carboxylic acids is 3. The zero-order valence-electron chi connectivity index (χ0n) is 39.5. The van der Waals surface area contributed by atoms with Gasteiger partial charge in [0.05, 0.1) is 0 Å². The van der Waals surface area contributed by atoms with E-state index in [4.69, 9.17) is 14.2 Å². The molecule has 0 fully saturated rings. The maximum atomic E-state index is 12.7. The summed E-state index contributed by atoms with van der Waals surface area (Å²) >= 11 is 0. The molecule has 0 saturated carbocycles. The zero-order chi connectivity index (χ0) is 43.0. The van der Waals surface area contributed by atoms with Crippen molar-refractivity contribution in [2.24, 2.45) is 0 Å². The van der Waals surface area contributed by atoms with Crippen LogP contribution in [0.3, 0.4) is 0 Å². The molecule has 0 N–H and O–H groups in total. The maximum Gasteiger partial charge on any atom is 0.306 e. The lowest BCUT2D eigenvalue weighted by atomic mass is 10.0. The largest absolute Gasteiger partial charge is 0.462 e. The maximum absolute atomic E-state index is 12.7. The predicted molar refractivity (Wildman–Crippen MR) is 252 cm³/mol. The highest BCUT2D eigenvalue weighted by molar-refractivity contribution is 5.71. The molecule has 0 rings (SSSR count). The first-order valence-electron chi connectivity index (χ1n) is 25.8. The summed E-state index contributed by atoms with van der Waals surface area (Å²) in [5, 5.41) is 0. The van der Waals surface area contributed by atoms with Gasteiger partial charge in [-0.25, -0.2) is 0 Å². The molecule has 59 heavy (non-hydrogen) atoms. The van der Waals surface area contributed by atoms with Crippen molar-refractivity contribution in [3.63, 3.8) is 0 Å². The van der Waals surface area contributed by atoms with Crippen molar-refractivity contribution in [3.8, 4) is 0 Å². The Morgan fingerprint density at radius 1 is 0.339 bits per heavy atom. The Morgan fingerprint density at radius 3 is 0.932 bits per heavy atom. The molecule has 0 heterocycles. The van der Waals surface area contributed by atoms with Crippen molar-refractivity contribution < 1.29 is 28.6 Å². The van der Waals surface area contributed by atoms with Crippen LogP contribution in [0, 0.1) is 0 Å². The van der Waals surface area contributed by atoms with Gasteiger partial charge in [0.2, 0.25) is 0 Å². The van der Waals surface area contributed by atoms with Crippen LogP contribution in [0.1, 0.15) is 278 Å². The van der Waals surface area contributed by atoms with E-state index in [1.807, 2.05) is 0 Å². The van der Waals surface area contributed by atoms with Gasteiger partial charge in [-0.2, -0.15) is 0 Å². The van der Waals surface area contributed by atoms with Gasteiger partial charge < -0.3 is 14.2 Å². The first kappa shape index (κ1) is 56.9. The summed E-state index contributed by atoms with van der Waals surface area (Å²) in [4.78, 5) is 37.7. The van der Waals surface area contributed by atoms with Gasteiger partial charge in [-0.1, -0.05) is 231 Å². The van der Waals surface area contributed by atoms with Crippen LogP contribution >= 0.6 is 0 Å². The van der Waals surface area contributed by atoms with Gasteiger partial charge in [-0.05, 0) is 51.4 Å². The fourth-order valence-corrected chi connectivity index (χ4v) is 7.53. The van der Waals surface area contributed by atoms with Crippen molar-refractivity contribution in [2.45, 2.75) is 284 Å². The minimum Gasteiger partial charge on any atom is -0.462 e. The standard InChI is InChI=1S/C53H98O6/c1-4-7-10-13-16-18-20-22-23-24-25-26-27-28-29-31-32-34-37-40-43-46-52(55)58-49-50(48-57-51(54)45-42-39-36-15-12-9-6-3)59-53(56)47-44-41-38-35-33-30-21-19-17-14-11-8-5-2/h20,22,24-25,50H,4-19,21,23,26-49H2,1-3H3/b22-20-,25-24-. The number of hydrogen-bond acceptors (Lipinski definition) is 6. The van der Waals surface area contributed by atoms with Crippen LogP contribution in [0.4, 0.5) is 0 Å². The van der Waals surface area contributed by atoms with Crippen molar-refractivity contribution in [2.75, 3.05) is 13.2 Å². The Bertz CT molecular complexity index is 958. The Labute approximate surface area is 366 Å². The molecule has 6 heteroatoms. The van der Waals surface area contributed by atoms with E-state index in [-0.39, 0.29) is 31.1 Å². The highest BCUT2D eigenvalue weighted by Crippen LogP contribution is 2.16. The molecule has 0 spiro atoms. The molecule has 6 nitrogen and oxygen atoms in total. The molecular weight excluding hydrogens is 733 g/mol. The smallest absolute Gasteiger partial charge is 0.306 e. The van der Waals surface area contributed by atoms with Gasteiger partial charge in [0.25, 0.3) is 0 Å². The topological polar surface area (TPSA) is 78.9 Å². The normalized spacial score (nSPS) is 12.1. The van der Waals surface area contributed by atoms with Crippen molar-refractivity contribution >= 4 is 17.9 Å². The second-order valence-corrected chi connectivity index (χ2v) is 17.4. The first-order valence-corrected chi connectivity index (χ1v) is 25.8. The highest BCUT2D eigenvalue weighted by atomic mass is 16.6. The van der Waals surface area contributed by atoms with Gasteiger partial charge in [-0.3, -0.25) is 14.4 Å². The predicted octanol–water partition coefficient (Wildman–Crippen LogP) is 16.8. The Hall–Kier alpha value is -2.11. The molecule has 0 amide bonds. The highest BCUT2D eigenvalue weighted by Gasteiger charge is 2.19. The molecule has 0 aliphatic heterocycles. The molecule has 0 aliphatic rings. The summed E-state index contributed by atoms with van der Waals surface area (Å²) in [5.41, 5.74) is 0. The summed E-state index contributed by atoms with van der Waals surface area (Å²) in [7, 11) is 0. The van der Waals surface area contributed by atoms with Crippen molar-refractivity contribution in [3.05, 3.63) is 24.3 Å². The summed E-state index contributed by atoms with van der Waals surface area (Å²) in [6.45, 7) is 6.60. The molecule has 1 unspecified atom stereocenters. The minimum atomic E-state index is -0.765. The lowest BCUT2D eigenvalue weighted by molar-refractivity contribution is -0.167. The lowest BCUT2D eigenvalue weighted by Crippen LogP contribution is -2.30. The van der Waals surface area contributed by atoms with E-state index in [2.05, 4.69) is 45.1 Å². The summed E-state index contributed by atoms with van der Waals surface area (Å²) in [5.74, 6) is -0.868. The number of carbonyl (C=O) groups is 3. The van der Waals surface area contributed by atoms with E-state index in [9.17, 15) is 14.4 Å². The van der Waals surface area contributed by atoms with Crippen LogP contribution in [-0.2, 0) is 28.6 Å². The van der Waals surface area contributed by atoms with Crippen LogP contribution in [-0.4, -0.2) is 37.2 Å². The van der Waals surface area contributed by atoms with Crippen LogP contribution < -0.4 is 0 Å². The molecule has 0 aliphatic carbocycles. The fraction of sp³-hybridized carbons (Fsp3) is 0.868. The minimum absolute atomic E-state index is 0.0688. The number of hydrogen-bond donors (Lipinski definition) is 0.